The summed E-state index contributed by atoms with van der Waals surface area (Å²) in [5.41, 5.74) is 0. The average Bonchev–Trinajstić information content (AvgIpc) is 3.04. The van der Waals surface area contributed by atoms with Crippen LogP contribution in [0.1, 0.15) is 0 Å². The van der Waals surface area contributed by atoms with Crippen LogP contribution in [0.15, 0.2) is 48.5 Å². The van der Waals surface area contributed by atoms with E-state index in [4.69, 9.17) is 56.8 Å². The number of benzene rings is 2. The average molecular weight is 623 g/mol. The van der Waals surface area contributed by atoms with Crippen molar-refractivity contribution in [2.45, 2.75) is 12.2 Å². The first-order valence-electron chi connectivity index (χ1n) is 15.3. The molecule has 2 aromatic carbocycles. The van der Waals surface area contributed by atoms with Gasteiger partial charge in [0.1, 0.15) is 13.2 Å². The zero-order valence-electron chi connectivity index (χ0n) is 25.4. The predicted molar refractivity (Wildman–Crippen MR) is 159 cm³/mol. The van der Waals surface area contributed by atoms with Gasteiger partial charge in [-0.1, -0.05) is 24.3 Å². The highest BCUT2D eigenvalue weighted by Crippen LogP contribution is 2.31. The zero-order valence-corrected chi connectivity index (χ0v) is 25.4. The minimum absolute atomic E-state index is 0.204. The largest absolute Gasteiger partial charge is 0.487 e. The molecule has 0 saturated carbocycles. The van der Waals surface area contributed by atoms with E-state index in [0.717, 1.165) is 0 Å². The molecule has 44 heavy (non-hydrogen) atoms. The molecule has 246 valence electrons. The topological polar surface area (TPSA) is 111 Å². The number of ether oxygens (including phenoxy) is 12. The molecule has 12 nitrogen and oxygen atoms in total. The standard InChI is InChI=1S/C32H46O12/c1-3-7-29-27(5-1)41-23-21-37-15-13-33-9-11-35-17-19-39-25-31(43-29)32-26-40-20-18-36-12-10-34-14-16-38-22-24-42-28-6-2-4-8-30(28)44-32/h1-8,31-32H,9-26H2. The lowest BCUT2D eigenvalue weighted by Crippen LogP contribution is -2.43. The lowest BCUT2D eigenvalue weighted by atomic mass is 10.2. The molecular weight excluding hydrogens is 576 g/mol. The Morgan fingerprint density at radius 3 is 0.932 bits per heavy atom. The van der Waals surface area contributed by atoms with Gasteiger partial charge >= 0.3 is 0 Å². The van der Waals surface area contributed by atoms with Crippen LogP contribution in [0.5, 0.6) is 23.0 Å². The molecule has 0 bridgehead atoms. The van der Waals surface area contributed by atoms with E-state index < -0.39 is 12.2 Å². The van der Waals surface area contributed by atoms with Gasteiger partial charge in [-0.05, 0) is 24.3 Å². The summed E-state index contributed by atoms with van der Waals surface area (Å²) in [6, 6.07) is 15.0. The van der Waals surface area contributed by atoms with Gasteiger partial charge in [-0.3, -0.25) is 0 Å². The fraction of sp³-hybridized carbons (Fsp3) is 0.625. The lowest BCUT2D eigenvalue weighted by molar-refractivity contribution is -0.0673. The van der Waals surface area contributed by atoms with Crippen molar-refractivity contribution < 1.29 is 56.8 Å². The molecule has 0 aromatic heterocycles. The van der Waals surface area contributed by atoms with Crippen LogP contribution in [-0.2, 0) is 37.9 Å². The fourth-order valence-corrected chi connectivity index (χ4v) is 4.23. The molecule has 0 N–H and O–H groups in total. The van der Waals surface area contributed by atoms with E-state index in [1.165, 1.54) is 0 Å². The summed E-state index contributed by atoms with van der Waals surface area (Å²) < 4.78 is 70.9. The first-order chi connectivity index (χ1) is 21.9. The summed E-state index contributed by atoms with van der Waals surface area (Å²) in [5, 5.41) is 0. The number of fused-ring (bicyclic) bond motifs is 2. The molecule has 4 rings (SSSR count). The maximum Gasteiger partial charge on any atom is 0.161 e. The summed E-state index contributed by atoms with van der Waals surface area (Å²) in [7, 11) is 0. The van der Waals surface area contributed by atoms with Crippen molar-refractivity contribution >= 4 is 0 Å². The van der Waals surface area contributed by atoms with Crippen LogP contribution in [0.2, 0.25) is 0 Å². The van der Waals surface area contributed by atoms with Crippen LogP contribution in [0.4, 0.5) is 0 Å². The Morgan fingerprint density at radius 1 is 0.318 bits per heavy atom. The quantitative estimate of drug-likeness (QED) is 0.467. The molecule has 2 aliphatic rings. The Kier molecular flexibility index (Phi) is 17.0. The van der Waals surface area contributed by atoms with Crippen LogP contribution in [0.25, 0.3) is 0 Å². The molecule has 0 radical (unpaired) electrons. The highest BCUT2D eigenvalue weighted by atomic mass is 16.6. The van der Waals surface area contributed by atoms with E-state index >= 15 is 0 Å². The van der Waals surface area contributed by atoms with Crippen LogP contribution in [-0.4, -0.2) is 131 Å². The third-order valence-electron chi connectivity index (χ3n) is 6.44. The number of rotatable bonds is 1. The predicted octanol–water partition coefficient (Wildman–Crippen LogP) is 2.80. The Morgan fingerprint density at radius 2 is 0.591 bits per heavy atom. The lowest BCUT2D eigenvalue weighted by Gasteiger charge is -2.29. The van der Waals surface area contributed by atoms with Gasteiger partial charge in [-0.15, -0.1) is 0 Å². The molecule has 0 amide bonds. The van der Waals surface area contributed by atoms with Gasteiger partial charge in [0, 0.05) is 0 Å². The summed E-state index contributed by atoms with van der Waals surface area (Å²) >= 11 is 0. The van der Waals surface area contributed by atoms with Gasteiger partial charge in [0.05, 0.1) is 106 Å². The van der Waals surface area contributed by atoms with Crippen molar-refractivity contribution in [2.75, 3.05) is 119 Å². The molecule has 0 saturated heterocycles. The SMILES string of the molecule is c1ccc2c(c1)OCCOCCOCCOCCOCC(C1COCCOCCOCCOCCOc3ccccc3O1)O2. The van der Waals surface area contributed by atoms with E-state index in [0.29, 0.717) is 129 Å². The van der Waals surface area contributed by atoms with Crippen LogP contribution >= 0.6 is 0 Å². The Bertz CT molecular complexity index is 929. The Balaban J connectivity index is 1.52. The van der Waals surface area contributed by atoms with Crippen molar-refractivity contribution in [3.05, 3.63) is 48.5 Å². The maximum atomic E-state index is 6.57. The summed E-state index contributed by atoms with van der Waals surface area (Å²) in [6.07, 6.45) is -1.18. The second-order valence-electron chi connectivity index (χ2n) is 9.73. The van der Waals surface area contributed by atoms with Gasteiger partial charge in [0.2, 0.25) is 0 Å². The van der Waals surface area contributed by atoms with Crippen molar-refractivity contribution in [1.82, 2.24) is 0 Å². The van der Waals surface area contributed by atoms with Gasteiger partial charge in [-0.25, -0.2) is 0 Å². The molecule has 0 aliphatic carbocycles. The van der Waals surface area contributed by atoms with E-state index in [-0.39, 0.29) is 13.2 Å². The molecule has 12 heteroatoms. The molecule has 2 aromatic rings. The summed E-state index contributed by atoms with van der Waals surface area (Å²) in [4.78, 5) is 0. The second kappa shape index (κ2) is 21.9. The molecule has 0 fully saturated rings. The van der Waals surface area contributed by atoms with Crippen molar-refractivity contribution in [3.63, 3.8) is 0 Å². The monoisotopic (exact) mass is 622 g/mol. The first-order valence-corrected chi connectivity index (χ1v) is 15.3. The minimum Gasteiger partial charge on any atom is -0.487 e. The third kappa shape index (κ3) is 13.5. The third-order valence-corrected chi connectivity index (χ3v) is 6.44. The number of hydrogen-bond acceptors (Lipinski definition) is 12. The molecular formula is C32H46O12. The smallest absolute Gasteiger partial charge is 0.161 e. The first kappa shape index (κ1) is 34.2. The molecule has 0 spiro atoms. The maximum absolute atomic E-state index is 6.57. The molecule has 2 heterocycles. The van der Waals surface area contributed by atoms with Gasteiger partial charge in [0.25, 0.3) is 0 Å². The van der Waals surface area contributed by atoms with E-state index in [1.54, 1.807) is 0 Å². The zero-order chi connectivity index (χ0) is 30.3. The van der Waals surface area contributed by atoms with Gasteiger partial charge in [-0.2, -0.15) is 0 Å². The number of hydrogen-bond donors (Lipinski definition) is 0. The van der Waals surface area contributed by atoms with Crippen LogP contribution in [0.3, 0.4) is 0 Å². The van der Waals surface area contributed by atoms with Crippen molar-refractivity contribution in [3.8, 4) is 23.0 Å². The van der Waals surface area contributed by atoms with Crippen molar-refractivity contribution in [2.24, 2.45) is 0 Å². The fourth-order valence-electron chi connectivity index (χ4n) is 4.23. The van der Waals surface area contributed by atoms with E-state index in [9.17, 15) is 0 Å². The second-order valence-corrected chi connectivity index (χ2v) is 9.73. The molecule has 2 unspecified atom stereocenters. The Hall–Kier alpha value is -2.68. The minimum atomic E-state index is -0.588. The Labute approximate surface area is 259 Å². The normalized spacial score (nSPS) is 23.6. The van der Waals surface area contributed by atoms with Crippen LogP contribution in [0, 0.1) is 0 Å². The van der Waals surface area contributed by atoms with Crippen molar-refractivity contribution in [1.29, 1.82) is 0 Å². The summed E-state index contributed by atoms with van der Waals surface area (Å²) in [6.45, 7) is 7.33. The molecule has 2 aliphatic heterocycles. The highest BCUT2D eigenvalue weighted by Gasteiger charge is 2.29. The summed E-state index contributed by atoms with van der Waals surface area (Å²) in [5.74, 6) is 2.27. The highest BCUT2D eigenvalue weighted by molar-refractivity contribution is 5.41. The van der Waals surface area contributed by atoms with Gasteiger partial charge in [0.15, 0.2) is 35.2 Å². The van der Waals surface area contributed by atoms with Gasteiger partial charge < -0.3 is 56.8 Å². The van der Waals surface area contributed by atoms with E-state index in [2.05, 4.69) is 0 Å². The van der Waals surface area contributed by atoms with Crippen LogP contribution < -0.4 is 18.9 Å². The number of para-hydroxylation sites is 4. The molecule has 2 atom stereocenters. The van der Waals surface area contributed by atoms with E-state index in [1.807, 2.05) is 48.5 Å².